The van der Waals surface area contributed by atoms with Gasteiger partial charge in [0.15, 0.2) is 0 Å². The van der Waals surface area contributed by atoms with Crippen LogP contribution in [0.25, 0.3) is 0 Å². The summed E-state index contributed by atoms with van der Waals surface area (Å²) in [6, 6.07) is 5.91. The average molecular weight is 189 g/mol. The average Bonchev–Trinajstić information content (AvgIpc) is 2.84. The molecular weight excluding hydrogens is 174 g/mol. The van der Waals surface area contributed by atoms with Crippen molar-refractivity contribution in [2.45, 2.75) is 31.7 Å². The van der Waals surface area contributed by atoms with Crippen molar-refractivity contribution in [3.05, 3.63) is 34.9 Å². The first-order valence-electron chi connectivity index (χ1n) is 4.97. The van der Waals surface area contributed by atoms with Gasteiger partial charge in [-0.3, -0.25) is 4.79 Å². The summed E-state index contributed by atoms with van der Waals surface area (Å²) in [7, 11) is 0. The van der Waals surface area contributed by atoms with Crippen LogP contribution in [-0.4, -0.2) is 11.8 Å². The highest BCUT2D eigenvalue weighted by atomic mass is 16.1. The molecule has 2 rings (SSSR count). The van der Waals surface area contributed by atoms with Gasteiger partial charge in [0.2, 0.25) is 0 Å². The fraction of sp³-hybridized carbons (Fsp3) is 0.417. The van der Waals surface area contributed by atoms with Crippen molar-refractivity contribution in [3.8, 4) is 0 Å². The first-order valence-corrected chi connectivity index (χ1v) is 4.97. The van der Waals surface area contributed by atoms with E-state index in [-0.39, 0.29) is 5.54 Å². The minimum atomic E-state index is -0.0223. The summed E-state index contributed by atoms with van der Waals surface area (Å²) < 4.78 is 0. The first-order chi connectivity index (χ1) is 6.63. The minimum absolute atomic E-state index is 0.0223. The number of hydrogen-bond donors (Lipinski definition) is 1. The van der Waals surface area contributed by atoms with Gasteiger partial charge >= 0.3 is 0 Å². The number of hydrogen-bond acceptors (Lipinski definition) is 2. The Bertz CT molecular complexity index is 367. The Labute approximate surface area is 84.1 Å². The van der Waals surface area contributed by atoms with E-state index < -0.39 is 0 Å². The molecule has 1 aromatic carbocycles. The number of aryl methyl sites for hydroxylation is 1. The molecule has 1 aliphatic carbocycles. The van der Waals surface area contributed by atoms with Gasteiger partial charge in [-0.25, -0.2) is 0 Å². The molecule has 1 fully saturated rings. The van der Waals surface area contributed by atoms with Crippen molar-refractivity contribution in [2.75, 3.05) is 0 Å². The largest absolute Gasteiger partial charge is 0.325 e. The molecule has 0 aromatic heterocycles. The summed E-state index contributed by atoms with van der Waals surface area (Å²) in [5.74, 6) is 0. The maximum Gasteiger partial charge on any atom is 0.150 e. The molecule has 1 saturated carbocycles. The van der Waals surface area contributed by atoms with Gasteiger partial charge in [0.25, 0.3) is 0 Å². The van der Waals surface area contributed by atoms with E-state index in [0.29, 0.717) is 0 Å². The summed E-state index contributed by atoms with van der Waals surface area (Å²) in [6.45, 7) is 2.04. The number of carbonyl (C=O) groups is 1. The summed E-state index contributed by atoms with van der Waals surface area (Å²) in [6.07, 6.45) is 3.92. The van der Waals surface area contributed by atoms with E-state index in [4.69, 9.17) is 5.73 Å². The Hall–Kier alpha value is -1.15. The molecule has 0 atom stereocenters. The van der Waals surface area contributed by atoms with Crippen LogP contribution in [0.2, 0.25) is 0 Å². The van der Waals surface area contributed by atoms with Gasteiger partial charge in [-0.05, 0) is 31.7 Å². The van der Waals surface area contributed by atoms with Crippen LogP contribution in [-0.2, 0) is 6.42 Å². The Kier molecular flexibility index (Phi) is 2.16. The van der Waals surface area contributed by atoms with Crippen molar-refractivity contribution in [2.24, 2.45) is 5.73 Å². The number of aldehydes is 1. The maximum atomic E-state index is 10.8. The van der Waals surface area contributed by atoms with Gasteiger partial charge < -0.3 is 5.73 Å². The van der Waals surface area contributed by atoms with E-state index >= 15 is 0 Å². The summed E-state index contributed by atoms with van der Waals surface area (Å²) in [4.78, 5) is 10.8. The van der Waals surface area contributed by atoms with Crippen LogP contribution in [0.5, 0.6) is 0 Å². The highest BCUT2D eigenvalue weighted by Gasteiger charge is 2.38. The quantitative estimate of drug-likeness (QED) is 0.737. The number of rotatable bonds is 3. The summed E-state index contributed by atoms with van der Waals surface area (Å²) in [5, 5.41) is 0. The first kappa shape index (κ1) is 9.41. The zero-order valence-corrected chi connectivity index (χ0v) is 8.42. The zero-order chi connectivity index (χ0) is 10.2. The molecule has 14 heavy (non-hydrogen) atoms. The lowest BCUT2D eigenvalue weighted by Crippen LogP contribution is -2.25. The third-order valence-electron chi connectivity index (χ3n) is 2.86. The van der Waals surface area contributed by atoms with Gasteiger partial charge in [0, 0.05) is 11.1 Å². The Morgan fingerprint density at radius 3 is 2.79 bits per heavy atom. The fourth-order valence-electron chi connectivity index (χ4n) is 1.72. The molecule has 2 N–H and O–H groups in total. The molecular formula is C12H15NO. The lowest BCUT2D eigenvalue weighted by atomic mass is 9.98. The van der Waals surface area contributed by atoms with Crippen LogP contribution in [0.1, 0.15) is 34.3 Å². The molecule has 0 amide bonds. The van der Waals surface area contributed by atoms with Crippen molar-refractivity contribution >= 4 is 6.29 Å². The Balaban J connectivity index is 2.29. The van der Waals surface area contributed by atoms with Crippen LogP contribution in [0.4, 0.5) is 0 Å². The fourth-order valence-corrected chi connectivity index (χ4v) is 1.72. The predicted molar refractivity (Wildman–Crippen MR) is 56.4 cm³/mol. The molecule has 0 radical (unpaired) electrons. The van der Waals surface area contributed by atoms with Crippen molar-refractivity contribution in [1.29, 1.82) is 0 Å². The van der Waals surface area contributed by atoms with Crippen LogP contribution in [0, 0.1) is 6.92 Å². The lowest BCUT2D eigenvalue weighted by molar-refractivity contribution is 0.112. The predicted octanol–water partition coefficient (Wildman–Crippen LogP) is 1.84. The van der Waals surface area contributed by atoms with E-state index in [1.165, 1.54) is 5.56 Å². The van der Waals surface area contributed by atoms with Gasteiger partial charge in [0.05, 0.1) is 0 Å². The van der Waals surface area contributed by atoms with Gasteiger partial charge in [0.1, 0.15) is 6.29 Å². The lowest BCUT2D eigenvalue weighted by Gasteiger charge is -2.11. The number of benzene rings is 1. The molecule has 1 aromatic rings. The highest BCUT2D eigenvalue weighted by molar-refractivity contribution is 5.77. The minimum Gasteiger partial charge on any atom is -0.325 e. The van der Waals surface area contributed by atoms with Crippen LogP contribution in [0.15, 0.2) is 18.2 Å². The third kappa shape index (κ3) is 1.85. The standard InChI is InChI=1S/C12H15NO/c1-9-2-3-10(8-14)11(6-9)7-12(13)4-5-12/h2-3,6,8H,4-5,7,13H2,1H3. The number of carbonyl (C=O) groups excluding carboxylic acids is 1. The zero-order valence-electron chi connectivity index (χ0n) is 8.42. The molecule has 0 saturated heterocycles. The van der Waals surface area contributed by atoms with E-state index in [1.54, 1.807) is 0 Å². The molecule has 0 aliphatic heterocycles. The normalized spacial score (nSPS) is 17.9. The van der Waals surface area contributed by atoms with Crippen LogP contribution in [0.3, 0.4) is 0 Å². The van der Waals surface area contributed by atoms with E-state index in [2.05, 4.69) is 6.07 Å². The topological polar surface area (TPSA) is 43.1 Å². The molecule has 0 spiro atoms. The molecule has 1 aliphatic rings. The van der Waals surface area contributed by atoms with E-state index in [9.17, 15) is 4.79 Å². The summed E-state index contributed by atoms with van der Waals surface area (Å²) in [5.41, 5.74) is 9.09. The monoisotopic (exact) mass is 189 g/mol. The Morgan fingerprint density at radius 2 is 2.21 bits per heavy atom. The molecule has 0 bridgehead atoms. The second kappa shape index (κ2) is 3.21. The van der Waals surface area contributed by atoms with Crippen molar-refractivity contribution in [1.82, 2.24) is 0 Å². The third-order valence-corrected chi connectivity index (χ3v) is 2.86. The molecule has 2 nitrogen and oxygen atoms in total. The summed E-state index contributed by atoms with van der Waals surface area (Å²) >= 11 is 0. The van der Waals surface area contributed by atoms with Crippen molar-refractivity contribution in [3.63, 3.8) is 0 Å². The number of nitrogens with two attached hydrogens (primary N) is 1. The van der Waals surface area contributed by atoms with Crippen molar-refractivity contribution < 1.29 is 4.79 Å². The van der Waals surface area contributed by atoms with Crippen LogP contribution >= 0.6 is 0 Å². The highest BCUT2D eigenvalue weighted by Crippen LogP contribution is 2.36. The Morgan fingerprint density at radius 1 is 1.50 bits per heavy atom. The van der Waals surface area contributed by atoms with Gasteiger partial charge in [-0.2, -0.15) is 0 Å². The molecule has 2 heteroatoms. The SMILES string of the molecule is Cc1ccc(C=O)c(CC2(N)CC2)c1. The molecule has 0 heterocycles. The van der Waals surface area contributed by atoms with E-state index in [0.717, 1.165) is 36.7 Å². The second-order valence-corrected chi connectivity index (χ2v) is 4.36. The smallest absolute Gasteiger partial charge is 0.150 e. The van der Waals surface area contributed by atoms with Crippen LogP contribution < -0.4 is 5.73 Å². The van der Waals surface area contributed by atoms with Gasteiger partial charge in [-0.1, -0.05) is 23.8 Å². The van der Waals surface area contributed by atoms with Gasteiger partial charge in [-0.15, -0.1) is 0 Å². The molecule has 74 valence electrons. The molecule has 0 unspecified atom stereocenters. The second-order valence-electron chi connectivity index (χ2n) is 4.36. The van der Waals surface area contributed by atoms with E-state index in [1.807, 2.05) is 19.1 Å². The maximum absolute atomic E-state index is 10.8.